The second-order valence-corrected chi connectivity index (χ2v) is 4.26. The van der Waals surface area contributed by atoms with Crippen LogP contribution in [0.25, 0.3) is 10.8 Å². The lowest BCUT2D eigenvalue weighted by Gasteiger charge is -2.14. The van der Waals surface area contributed by atoms with Gasteiger partial charge in [0.25, 0.3) is 0 Å². The number of benzene rings is 2. The van der Waals surface area contributed by atoms with E-state index in [4.69, 9.17) is 4.74 Å². The molecule has 0 aliphatic rings. The van der Waals surface area contributed by atoms with Gasteiger partial charge in [-0.15, -0.1) is 12.4 Å². The van der Waals surface area contributed by atoms with Crippen LogP contribution in [-0.4, -0.2) is 31.9 Å². The molecule has 0 heterocycles. The lowest BCUT2D eigenvalue weighted by atomic mass is 10.0. The minimum absolute atomic E-state index is 0. The predicted octanol–water partition coefficient (Wildman–Crippen LogP) is 2.53. The molecular formula is C15H20ClNO2. The number of aliphatic hydroxyl groups excluding tert-OH is 1. The number of fused-ring (bicyclic) bond motifs is 1. The Labute approximate surface area is 120 Å². The van der Waals surface area contributed by atoms with Crippen molar-refractivity contribution < 1.29 is 9.84 Å². The molecule has 0 aromatic heterocycles. The highest BCUT2D eigenvalue weighted by molar-refractivity contribution is 5.86. The third-order valence-electron chi connectivity index (χ3n) is 2.95. The maximum Gasteiger partial charge on any atom is 0.103 e. The van der Waals surface area contributed by atoms with Gasteiger partial charge in [-0.3, -0.25) is 0 Å². The molecule has 0 radical (unpaired) electrons. The van der Waals surface area contributed by atoms with E-state index in [1.54, 1.807) is 0 Å². The third kappa shape index (κ3) is 4.18. The molecule has 0 saturated heterocycles. The Hall–Kier alpha value is -1.13. The molecule has 2 rings (SSSR count). The van der Waals surface area contributed by atoms with Crippen LogP contribution in [0.4, 0.5) is 0 Å². The fraction of sp³-hybridized carbons (Fsp3) is 0.333. The van der Waals surface area contributed by atoms with Crippen molar-refractivity contribution in [3.05, 3.63) is 48.0 Å². The van der Waals surface area contributed by atoms with Crippen LogP contribution in [0.15, 0.2) is 42.5 Å². The summed E-state index contributed by atoms with van der Waals surface area (Å²) in [5, 5.41) is 15.4. The molecule has 2 aromatic carbocycles. The zero-order chi connectivity index (χ0) is 12.8. The van der Waals surface area contributed by atoms with Crippen LogP contribution in [0.5, 0.6) is 0 Å². The molecule has 0 aliphatic heterocycles. The molecule has 2 N–H and O–H groups in total. The number of likely N-dealkylation sites (N-methyl/N-ethyl adjacent to an activating group) is 1. The highest BCUT2D eigenvalue weighted by Gasteiger charge is 2.10. The third-order valence-corrected chi connectivity index (χ3v) is 2.95. The van der Waals surface area contributed by atoms with Gasteiger partial charge in [0.2, 0.25) is 0 Å². The first kappa shape index (κ1) is 15.9. The van der Waals surface area contributed by atoms with Crippen LogP contribution < -0.4 is 5.32 Å². The summed E-state index contributed by atoms with van der Waals surface area (Å²) in [5.74, 6) is 0. The Balaban J connectivity index is 0.00000180. The van der Waals surface area contributed by atoms with Gasteiger partial charge in [0, 0.05) is 6.54 Å². The molecule has 104 valence electrons. The largest absolute Gasteiger partial charge is 0.386 e. The smallest absolute Gasteiger partial charge is 0.103 e. The van der Waals surface area contributed by atoms with Gasteiger partial charge in [-0.25, -0.2) is 0 Å². The molecule has 3 nitrogen and oxygen atoms in total. The van der Waals surface area contributed by atoms with E-state index in [1.165, 1.54) is 0 Å². The standard InChI is InChI=1S/C15H19NO2.ClH/c1-16-9-10-18-11-15(17)14-8-4-6-12-5-2-3-7-13(12)14;/h2-8,15-17H,9-11H2,1H3;1H. The van der Waals surface area contributed by atoms with Gasteiger partial charge >= 0.3 is 0 Å². The molecule has 19 heavy (non-hydrogen) atoms. The zero-order valence-electron chi connectivity index (χ0n) is 11.0. The minimum atomic E-state index is -0.576. The maximum absolute atomic E-state index is 10.2. The van der Waals surface area contributed by atoms with Crippen molar-refractivity contribution >= 4 is 23.2 Å². The van der Waals surface area contributed by atoms with Crippen molar-refractivity contribution in [2.24, 2.45) is 0 Å². The quantitative estimate of drug-likeness (QED) is 0.800. The summed E-state index contributed by atoms with van der Waals surface area (Å²) in [4.78, 5) is 0. The lowest BCUT2D eigenvalue weighted by molar-refractivity contribution is 0.0386. The Morgan fingerprint density at radius 1 is 1.16 bits per heavy atom. The molecule has 0 fully saturated rings. The molecule has 0 saturated carbocycles. The van der Waals surface area contributed by atoms with Crippen molar-refractivity contribution in [1.82, 2.24) is 5.32 Å². The van der Waals surface area contributed by atoms with Gasteiger partial charge in [0.15, 0.2) is 0 Å². The Morgan fingerprint density at radius 2 is 1.89 bits per heavy atom. The van der Waals surface area contributed by atoms with Gasteiger partial charge in [0.05, 0.1) is 13.2 Å². The summed E-state index contributed by atoms with van der Waals surface area (Å²) in [6, 6.07) is 14.0. The fourth-order valence-electron chi connectivity index (χ4n) is 2.00. The van der Waals surface area contributed by atoms with E-state index >= 15 is 0 Å². The molecule has 2 aromatic rings. The first-order valence-corrected chi connectivity index (χ1v) is 6.21. The van der Waals surface area contributed by atoms with E-state index < -0.39 is 6.10 Å². The molecular weight excluding hydrogens is 262 g/mol. The monoisotopic (exact) mass is 281 g/mol. The number of hydrogen-bond donors (Lipinski definition) is 2. The fourth-order valence-corrected chi connectivity index (χ4v) is 2.00. The first-order valence-electron chi connectivity index (χ1n) is 6.21. The van der Waals surface area contributed by atoms with E-state index in [-0.39, 0.29) is 12.4 Å². The number of nitrogens with one attached hydrogen (secondary N) is 1. The van der Waals surface area contributed by atoms with Crippen molar-refractivity contribution in [3.63, 3.8) is 0 Å². The topological polar surface area (TPSA) is 41.5 Å². The van der Waals surface area contributed by atoms with Crippen molar-refractivity contribution in [2.45, 2.75) is 6.10 Å². The second kappa shape index (κ2) is 8.12. The summed E-state index contributed by atoms with van der Waals surface area (Å²) in [6.07, 6.45) is -0.576. The number of rotatable bonds is 6. The molecule has 0 amide bonds. The van der Waals surface area contributed by atoms with Crippen LogP contribution in [0.3, 0.4) is 0 Å². The van der Waals surface area contributed by atoms with Gasteiger partial charge in [-0.1, -0.05) is 42.5 Å². The van der Waals surface area contributed by atoms with Crippen LogP contribution in [0, 0.1) is 0 Å². The highest BCUT2D eigenvalue weighted by atomic mass is 35.5. The SMILES string of the molecule is CNCCOCC(O)c1cccc2ccccc12.Cl. The molecule has 1 unspecified atom stereocenters. The number of halogens is 1. The van der Waals surface area contributed by atoms with E-state index in [0.29, 0.717) is 13.2 Å². The van der Waals surface area contributed by atoms with E-state index in [0.717, 1.165) is 22.9 Å². The Morgan fingerprint density at radius 3 is 2.68 bits per heavy atom. The maximum atomic E-state index is 10.2. The van der Waals surface area contributed by atoms with Gasteiger partial charge in [-0.05, 0) is 23.4 Å². The molecule has 0 aliphatic carbocycles. The van der Waals surface area contributed by atoms with E-state index in [2.05, 4.69) is 5.32 Å². The zero-order valence-corrected chi connectivity index (χ0v) is 11.8. The van der Waals surface area contributed by atoms with Gasteiger partial charge in [-0.2, -0.15) is 0 Å². The average Bonchev–Trinajstić information content (AvgIpc) is 2.43. The van der Waals surface area contributed by atoms with E-state index in [1.807, 2.05) is 49.5 Å². The van der Waals surface area contributed by atoms with Gasteiger partial charge in [0.1, 0.15) is 6.10 Å². The summed E-state index contributed by atoms with van der Waals surface area (Å²) < 4.78 is 5.43. The number of ether oxygens (including phenoxy) is 1. The normalized spacial score (nSPS) is 12.1. The van der Waals surface area contributed by atoms with Crippen molar-refractivity contribution in [3.8, 4) is 0 Å². The number of hydrogen-bond acceptors (Lipinski definition) is 3. The number of aliphatic hydroxyl groups is 1. The lowest BCUT2D eigenvalue weighted by Crippen LogP contribution is -2.17. The molecule has 4 heteroatoms. The van der Waals surface area contributed by atoms with Crippen LogP contribution in [0.1, 0.15) is 11.7 Å². The summed E-state index contributed by atoms with van der Waals surface area (Å²) in [5.41, 5.74) is 0.928. The second-order valence-electron chi connectivity index (χ2n) is 4.26. The molecule has 0 spiro atoms. The van der Waals surface area contributed by atoms with Crippen LogP contribution in [0.2, 0.25) is 0 Å². The van der Waals surface area contributed by atoms with E-state index in [9.17, 15) is 5.11 Å². The van der Waals surface area contributed by atoms with Crippen LogP contribution >= 0.6 is 12.4 Å². The highest BCUT2D eigenvalue weighted by Crippen LogP contribution is 2.24. The van der Waals surface area contributed by atoms with Crippen LogP contribution in [-0.2, 0) is 4.74 Å². The molecule has 0 bridgehead atoms. The average molecular weight is 282 g/mol. The van der Waals surface area contributed by atoms with Crippen molar-refractivity contribution in [2.75, 3.05) is 26.8 Å². The summed E-state index contributed by atoms with van der Waals surface area (Å²) >= 11 is 0. The molecule has 1 atom stereocenters. The summed E-state index contributed by atoms with van der Waals surface area (Å²) in [6.45, 7) is 1.73. The Bertz CT molecular complexity index is 499. The minimum Gasteiger partial charge on any atom is -0.386 e. The van der Waals surface area contributed by atoms with Gasteiger partial charge < -0.3 is 15.2 Å². The first-order chi connectivity index (χ1) is 8.83. The summed E-state index contributed by atoms with van der Waals surface area (Å²) in [7, 11) is 1.88. The predicted molar refractivity (Wildman–Crippen MR) is 80.9 cm³/mol. The van der Waals surface area contributed by atoms with Crippen molar-refractivity contribution in [1.29, 1.82) is 0 Å². The Kier molecular flexibility index (Phi) is 6.81.